The van der Waals surface area contributed by atoms with Crippen LogP contribution < -0.4 is 0 Å². The lowest BCUT2D eigenvalue weighted by Gasteiger charge is -2.49. The van der Waals surface area contributed by atoms with Crippen molar-refractivity contribution in [3.8, 4) is 0 Å². The summed E-state index contributed by atoms with van der Waals surface area (Å²) in [5, 5.41) is 29.9. The first-order valence-electron chi connectivity index (χ1n) is 6.39. The second-order valence-electron chi connectivity index (χ2n) is 5.80. The zero-order valence-corrected chi connectivity index (χ0v) is 11.3. The van der Waals surface area contributed by atoms with Gasteiger partial charge in [-0.3, -0.25) is 4.79 Å². The summed E-state index contributed by atoms with van der Waals surface area (Å²) in [7, 11) is 0. The van der Waals surface area contributed by atoms with Crippen molar-refractivity contribution in [2.75, 3.05) is 6.61 Å². The third-order valence-electron chi connectivity index (χ3n) is 4.74. The van der Waals surface area contributed by atoms with Crippen LogP contribution in [-0.2, 0) is 4.79 Å². The number of carbonyl (C=O) groups is 1. The highest BCUT2D eigenvalue weighted by atomic mass is 16.3. The third-order valence-corrected chi connectivity index (χ3v) is 4.74. The fraction of sp³-hybridized carbons (Fsp3) is 0.533. The van der Waals surface area contributed by atoms with Crippen LogP contribution >= 0.6 is 0 Å². The summed E-state index contributed by atoms with van der Waals surface area (Å²) in [6.45, 7) is 6.96. The van der Waals surface area contributed by atoms with Crippen molar-refractivity contribution in [2.24, 2.45) is 11.3 Å². The van der Waals surface area contributed by atoms with E-state index in [1.54, 1.807) is 12.2 Å². The highest BCUT2D eigenvalue weighted by Crippen LogP contribution is 2.51. The zero-order valence-electron chi connectivity index (χ0n) is 11.3. The highest BCUT2D eigenvalue weighted by molar-refractivity contribution is 5.94. The SMILES string of the molecule is C=C(CO)[C@]1(O)C[C@@]2(C)C(=C[C@H]1O)C=CC(=O)[C@@H]2C. The molecule has 19 heavy (non-hydrogen) atoms. The predicted molar refractivity (Wildman–Crippen MR) is 71.3 cm³/mol. The predicted octanol–water partition coefficient (Wildman–Crippen LogP) is 0.738. The zero-order chi connectivity index (χ0) is 14.4. The Balaban J connectivity index is 2.52. The third kappa shape index (κ3) is 1.91. The van der Waals surface area contributed by atoms with Crippen molar-refractivity contribution in [2.45, 2.75) is 32.0 Å². The molecule has 104 valence electrons. The standard InChI is InChI=1S/C15H20O4/c1-9(7-16)15(19)8-14(3)10(2)12(17)5-4-11(14)6-13(15)18/h4-6,10,13,16,18-19H,1,7-8H2,2-3H3/t10-,13+,14+,15+/m0/s1. The Hall–Kier alpha value is -1.23. The number of rotatable bonds is 2. The second-order valence-corrected chi connectivity index (χ2v) is 5.80. The van der Waals surface area contributed by atoms with Crippen molar-refractivity contribution < 1.29 is 20.1 Å². The molecule has 0 unspecified atom stereocenters. The molecule has 4 atom stereocenters. The van der Waals surface area contributed by atoms with Gasteiger partial charge in [0.05, 0.1) is 6.61 Å². The number of ketones is 1. The van der Waals surface area contributed by atoms with E-state index in [0.717, 1.165) is 5.57 Å². The molecule has 2 rings (SSSR count). The molecule has 3 N–H and O–H groups in total. The average Bonchev–Trinajstić information content (AvgIpc) is 2.37. The van der Waals surface area contributed by atoms with Crippen LogP contribution in [0.2, 0.25) is 0 Å². The van der Waals surface area contributed by atoms with Crippen molar-refractivity contribution in [1.29, 1.82) is 0 Å². The molecule has 0 spiro atoms. The Kier molecular flexibility index (Phi) is 3.29. The maximum absolute atomic E-state index is 11.9. The van der Waals surface area contributed by atoms with E-state index < -0.39 is 23.7 Å². The summed E-state index contributed by atoms with van der Waals surface area (Å²) in [4.78, 5) is 11.9. The van der Waals surface area contributed by atoms with E-state index in [1.165, 1.54) is 6.08 Å². The summed E-state index contributed by atoms with van der Waals surface area (Å²) in [5.41, 5.74) is -1.13. The smallest absolute Gasteiger partial charge is 0.159 e. The van der Waals surface area contributed by atoms with Crippen LogP contribution in [0.5, 0.6) is 0 Å². The van der Waals surface area contributed by atoms with Crippen molar-refractivity contribution in [3.63, 3.8) is 0 Å². The summed E-state index contributed by atoms with van der Waals surface area (Å²) in [5.74, 6) is -0.276. The van der Waals surface area contributed by atoms with Gasteiger partial charge in [0.15, 0.2) is 5.78 Å². The van der Waals surface area contributed by atoms with Gasteiger partial charge in [-0.2, -0.15) is 0 Å². The maximum Gasteiger partial charge on any atom is 0.159 e. The van der Waals surface area contributed by atoms with E-state index in [-0.39, 0.29) is 23.7 Å². The molecule has 4 nitrogen and oxygen atoms in total. The Bertz CT molecular complexity index is 490. The molecule has 0 saturated carbocycles. The van der Waals surface area contributed by atoms with Crippen molar-refractivity contribution >= 4 is 5.78 Å². The van der Waals surface area contributed by atoms with E-state index in [9.17, 15) is 20.1 Å². The van der Waals surface area contributed by atoms with E-state index in [2.05, 4.69) is 6.58 Å². The van der Waals surface area contributed by atoms with E-state index in [0.29, 0.717) is 0 Å². The maximum atomic E-state index is 11.9. The lowest BCUT2D eigenvalue weighted by molar-refractivity contribution is -0.124. The molecule has 0 aromatic carbocycles. The first-order valence-corrected chi connectivity index (χ1v) is 6.39. The molecule has 0 fully saturated rings. The summed E-state index contributed by atoms with van der Waals surface area (Å²) >= 11 is 0. The van der Waals surface area contributed by atoms with Gasteiger partial charge in [0.1, 0.15) is 11.7 Å². The molecular weight excluding hydrogens is 244 g/mol. The molecule has 0 saturated heterocycles. The van der Waals surface area contributed by atoms with E-state index in [4.69, 9.17) is 0 Å². The molecule has 0 aliphatic heterocycles. The molecule has 4 heteroatoms. The molecule has 0 amide bonds. The largest absolute Gasteiger partial charge is 0.392 e. The summed E-state index contributed by atoms with van der Waals surface area (Å²) in [6.07, 6.45) is 3.82. The lowest BCUT2D eigenvalue weighted by atomic mass is 9.57. The number of hydrogen-bond donors (Lipinski definition) is 3. The van der Waals surface area contributed by atoms with Gasteiger partial charge in [-0.1, -0.05) is 26.5 Å². The van der Waals surface area contributed by atoms with Crippen LogP contribution in [0.4, 0.5) is 0 Å². The highest BCUT2D eigenvalue weighted by Gasteiger charge is 2.52. The normalized spacial score (nSPS) is 41.7. The van der Waals surface area contributed by atoms with Crippen LogP contribution in [0.1, 0.15) is 20.3 Å². The van der Waals surface area contributed by atoms with Gasteiger partial charge in [0.25, 0.3) is 0 Å². The molecule has 2 aliphatic rings. The van der Waals surface area contributed by atoms with Gasteiger partial charge in [-0.25, -0.2) is 0 Å². The summed E-state index contributed by atoms with van der Waals surface area (Å²) in [6, 6.07) is 0. The number of fused-ring (bicyclic) bond motifs is 1. The van der Waals surface area contributed by atoms with Gasteiger partial charge in [-0.05, 0) is 29.7 Å². The molecule has 2 aliphatic carbocycles. The van der Waals surface area contributed by atoms with Gasteiger partial charge in [-0.15, -0.1) is 0 Å². The van der Waals surface area contributed by atoms with Crippen molar-refractivity contribution in [3.05, 3.63) is 36.0 Å². The molecule has 0 aromatic heterocycles. The van der Waals surface area contributed by atoms with Crippen LogP contribution in [0.15, 0.2) is 36.0 Å². The number of hydrogen-bond acceptors (Lipinski definition) is 4. The lowest BCUT2D eigenvalue weighted by Crippen LogP contribution is -2.54. The molecule has 0 aromatic rings. The van der Waals surface area contributed by atoms with E-state index in [1.807, 2.05) is 13.8 Å². The fourth-order valence-corrected chi connectivity index (χ4v) is 3.02. The van der Waals surface area contributed by atoms with Crippen molar-refractivity contribution in [1.82, 2.24) is 0 Å². The van der Waals surface area contributed by atoms with Gasteiger partial charge in [0, 0.05) is 11.3 Å². The molecule has 0 heterocycles. The van der Waals surface area contributed by atoms with Gasteiger partial charge in [0.2, 0.25) is 0 Å². The minimum Gasteiger partial charge on any atom is -0.392 e. The first kappa shape index (κ1) is 14.2. The Morgan fingerprint density at radius 2 is 2.16 bits per heavy atom. The van der Waals surface area contributed by atoms with Crippen LogP contribution in [0, 0.1) is 11.3 Å². The minimum atomic E-state index is -1.59. The number of allylic oxidation sites excluding steroid dienone is 3. The quantitative estimate of drug-likeness (QED) is 0.643. The van der Waals surface area contributed by atoms with E-state index >= 15 is 0 Å². The number of aliphatic hydroxyl groups is 3. The molecule has 0 bridgehead atoms. The van der Waals surface area contributed by atoms with Crippen LogP contribution in [-0.4, -0.2) is 39.4 Å². The molecule has 0 radical (unpaired) electrons. The van der Waals surface area contributed by atoms with Crippen LogP contribution in [0.3, 0.4) is 0 Å². The Labute approximate surface area is 112 Å². The second kappa shape index (κ2) is 4.40. The minimum absolute atomic E-state index is 0.00741. The van der Waals surface area contributed by atoms with Crippen LogP contribution in [0.25, 0.3) is 0 Å². The number of aliphatic hydroxyl groups excluding tert-OH is 2. The Morgan fingerprint density at radius 1 is 1.53 bits per heavy atom. The van der Waals surface area contributed by atoms with Gasteiger partial charge < -0.3 is 15.3 Å². The fourth-order valence-electron chi connectivity index (χ4n) is 3.02. The Morgan fingerprint density at radius 3 is 2.74 bits per heavy atom. The number of carbonyl (C=O) groups excluding carboxylic acids is 1. The molecular formula is C15H20O4. The van der Waals surface area contributed by atoms with Gasteiger partial charge >= 0.3 is 0 Å². The topological polar surface area (TPSA) is 77.8 Å². The first-order chi connectivity index (χ1) is 8.75. The monoisotopic (exact) mass is 264 g/mol. The summed E-state index contributed by atoms with van der Waals surface area (Å²) < 4.78 is 0. The average molecular weight is 264 g/mol.